The van der Waals surface area contributed by atoms with Gasteiger partial charge in [-0.25, -0.2) is 4.57 Å². The Morgan fingerprint density at radius 1 is 0.568 bits per heavy atom. The van der Waals surface area contributed by atoms with Gasteiger partial charge in [-0.2, -0.15) is 0 Å². The number of esters is 4. The van der Waals surface area contributed by atoms with E-state index in [1.54, 1.807) is 27.7 Å². The Morgan fingerprint density at radius 2 is 0.730 bits per heavy atom. The number of rotatable bonds is 16. The molecule has 12 nitrogen and oxygen atoms in total. The van der Waals surface area contributed by atoms with Crippen LogP contribution < -0.4 is 0 Å². The van der Waals surface area contributed by atoms with Crippen LogP contribution in [-0.4, -0.2) is 102 Å². The van der Waals surface area contributed by atoms with E-state index in [4.69, 9.17) is 56.0 Å². The van der Waals surface area contributed by atoms with Crippen LogP contribution >= 0.6 is 25.7 Å². The van der Waals surface area contributed by atoms with E-state index in [9.17, 15) is 19.2 Å². The van der Waals surface area contributed by atoms with Crippen LogP contribution in [0.4, 0.5) is 0 Å². The second kappa shape index (κ2) is 27.7. The van der Waals surface area contributed by atoms with Crippen LogP contribution in [-0.2, 0) is 42.7 Å². The molecule has 0 saturated carbocycles. The first-order valence-corrected chi connectivity index (χ1v) is 31.1. The third kappa shape index (κ3) is 40.8. The van der Waals surface area contributed by atoms with Gasteiger partial charge < -0.3 is 14.7 Å². The maximum atomic E-state index is 11.0. The van der Waals surface area contributed by atoms with Gasteiger partial charge in [-0.15, -0.1) is 0 Å². The molecule has 0 atom stereocenters. The van der Waals surface area contributed by atoms with Crippen LogP contribution in [0.15, 0.2) is 0 Å². The van der Waals surface area contributed by atoms with Crippen molar-refractivity contribution in [1.82, 2.24) is 0 Å². The third-order valence-corrected chi connectivity index (χ3v) is 20.2. The molecule has 17 heteroatoms. The van der Waals surface area contributed by atoms with Gasteiger partial charge >= 0.3 is 222 Å². The average molecular weight is 813 g/mol. The monoisotopic (exact) mass is 814 g/mol. The van der Waals surface area contributed by atoms with Crippen LogP contribution in [0.1, 0.15) is 53.4 Å². The number of carbonyl (C=O) groups is 4. The Bertz CT molecular complexity index is 583. The standard InChI is InChI=1S/4C5H9O2.2ClH.H3O4P.2Sn.2H/c4*1-3-5(6)7-4-2;;;1-5(2,3)4;;;;/h4*1,3-4H2,2H3;2*1H;(H3,1,2,3,4);;;;/q;;;;;;;2*+1;;/p-2. The molecule has 0 rings (SSSR count). The van der Waals surface area contributed by atoms with E-state index in [1.807, 2.05) is 0 Å². The topological polar surface area (TPSA) is 183 Å². The van der Waals surface area contributed by atoms with Gasteiger partial charge in [0.15, 0.2) is 0 Å². The van der Waals surface area contributed by atoms with Gasteiger partial charge in [0.1, 0.15) is 0 Å². The van der Waals surface area contributed by atoms with E-state index in [0.717, 1.165) is 17.7 Å². The Balaban J connectivity index is -0.000000528. The third-order valence-electron chi connectivity index (χ3n) is 3.87. The molecule has 0 bridgehead atoms. The maximum absolute atomic E-state index is 11.0. The summed E-state index contributed by atoms with van der Waals surface area (Å²) in [6, 6.07) is 0. The SMILES string of the molecule is CCOC(=O)C[CH2][SnH]([Cl])[CH2]CC(=O)OCC.CCOC(=O)C[CH2][SnH]([Cl])[CH2]CC(=O)OCC.O=P(O)(O)O. The van der Waals surface area contributed by atoms with E-state index in [2.05, 4.69) is 0 Å². The Hall–Kier alpha value is 0.167. The van der Waals surface area contributed by atoms with Crippen molar-refractivity contribution >= 4 is 86.8 Å². The minimum absolute atomic E-state index is 0.194. The van der Waals surface area contributed by atoms with Gasteiger partial charge in [0.25, 0.3) is 0 Å². The van der Waals surface area contributed by atoms with Crippen molar-refractivity contribution in [2.75, 3.05) is 26.4 Å². The van der Waals surface area contributed by atoms with Gasteiger partial charge in [0.2, 0.25) is 0 Å². The normalized spacial score (nSPS) is 10.5. The van der Waals surface area contributed by atoms with E-state index in [0.29, 0.717) is 52.1 Å². The fourth-order valence-electron chi connectivity index (χ4n) is 2.32. The van der Waals surface area contributed by atoms with E-state index in [-0.39, 0.29) is 23.9 Å². The first kappa shape index (κ1) is 41.6. The minimum Gasteiger partial charge on any atom is -0.303 e. The quantitative estimate of drug-likeness (QED) is 0.0899. The number of halogens is 2. The molecular weight excluding hydrogens is 772 g/mol. The van der Waals surface area contributed by atoms with Crippen molar-refractivity contribution < 1.29 is 57.4 Å². The number of phosphoric acid groups is 1. The molecular formula is C20H41Cl2O12PSn2. The first-order valence-electron chi connectivity index (χ1n) is 11.9. The number of carbonyl (C=O) groups excluding carboxylic acids is 4. The molecule has 0 fully saturated rings. The summed E-state index contributed by atoms with van der Waals surface area (Å²) < 4.78 is 31.0. The Labute approximate surface area is 240 Å². The fraction of sp³-hybridized carbons (Fsp3) is 0.800. The predicted molar refractivity (Wildman–Crippen MR) is 144 cm³/mol. The summed E-state index contributed by atoms with van der Waals surface area (Å²) in [5.41, 5.74) is 0. The summed E-state index contributed by atoms with van der Waals surface area (Å²) in [5, 5.41) is 0. The molecule has 3 N–H and O–H groups in total. The van der Waals surface area contributed by atoms with Crippen molar-refractivity contribution in [1.29, 1.82) is 0 Å². The number of hydrogen-bond acceptors (Lipinski definition) is 9. The van der Waals surface area contributed by atoms with Crippen molar-refractivity contribution in [3.63, 3.8) is 0 Å². The summed E-state index contributed by atoms with van der Waals surface area (Å²) in [5.74, 6) is -0.774. The number of hydrogen-bond donors (Lipinski definition) is 3. The van der Waals surface area contributed by atoms with Crippen molar-refractivity contribution in [3.8, 4) is 0 Å². The molecule has 0 aromatic heterocycles. The van der Waals surface area contributed by atoms with Crippen molar-refractivity contribution in [3.05, 3.63) is 0 Å². The van der Waals surface area contributed by atoms with Gasteiger partial charge in [-0.05, 0) is 0 Å². The summed E-state index contributed by atoms with van der Waals surface area (Å²) in [7, 11) is 7.69. The fourth-order valence-corrected chi connectivity index (χ4v) is 13.2. The smallest absolute Gasteiger partial charge is 0.303 e. The first-order chi connectivity index (χ1) is 17.2. The summed E-state index contributed by atoms with van der Waals surface area (Å²) in [6.07, 6.45) is 1.56. The van der Waals surface area contributed by atoms with Gasteiger partial charge in [0, 0.05) is 0 Å². The average Bonchev–Trinajstić information content (AvgIpc) is 2.79. The Morgan fingerprint density at radius 3 is 0.865 bits per heavy atom. The summed E-state index contributed by atoms with van der Waals surface area (Å²) in [6.45, 7) is 8.74. The van der Waals surface area contributed by atoms with Crippen LogP contribution in [0.3, 0.4) is 0 Å². The molecule has 0 aromatic carbocycles. The van der Waals surface area contributed by atoms with Crippen molar-refractivity contribution in [2.45, 2.75) is 71.1 Å². The molecule has 0 heterocycles. The Kier molecular flexibility index (Phi) is 31.2. The van der Waals surface area contributed by atoms with Crippen LogP contribution in [0.5, 0.6) is 0 Å². The zero-order valence-electron chi connectivity index (χ0n) is 21.9. The molecule has 220 valence electrons. The molecule has 0 amide bonds. The molecule has 0 aliphatic carbocycles. The molecule has 0 aliphatic rings. The van der Waals surface area contributed by atoms with E-state index < -0.39 is 45.1 Å². The van der Waals surface area contributed by atoms with Crippen LogP contribution in [0, 0.1) is 0 Å². The molecule has 0 radical (unpaired) electrons. The maximum Gasteiger partial charge on any atom is 0.466 e. The van der Waals surface area contributed by atoms with E-state index >= 15 is 0 Å². The van der Waals surface area contributed by atoms with Crippen LogP contribution in [0.2, 0.25) is 17.7 Å². The molecule has 0 unspecified atom stereocenters. The largest absolute Gasteiger partial charge is 0.466 e. The van der Waals surface area contributed by atoms with E-state index in [1.165, 1.54) is 0 Å². The minimum atomic E-state index is -4.64. The van der Waals surface area contributed by atoms with Gasteiger partial charge in [-0.3, -0.25) is 0 Å². The number of ether oxygens (including phenoxy) is 4. The predicted octanol–water partition coefficient (Wildman–Crippen LogP) is 2.78. The van der Waals surface area contributed by atoms with Gasteiger partial charge in [0.05, 0.1) is 0 Å². The zero-order valence-corrected chi connectivity index (χ0v) is 30.9. The van der Waals surface area contributed by atoms with Gasteiger partial charge in [-0.1, -0.05) is 0 Å². The molecule has 0 saturated heterocycles. The zero-order chi connectivity index (χ0) is 29.3. The van der Waals surface area contributed by atoms with Crippen LogP contribution in [0.25, 0.3) is 0 Å². The second-order valence-electron chi connectivity index (χ2n) is 7.08. The summed E-state index contributed by atoms with van der Waals surface area (Å²) in [4.78, 5) is 65.8. The summed E-state index contributed by atoms with van der Waals surface area (Å²) >= 11 is -4.33. The molecule has 0 spiro atoms. The second-order valence-corrected chi connectivity index (χ2v) is 29.8. The molecule has 0 aliphatic heterocycles. The van der Waals surface area contributed by atoms with Crippen molar-refractivity contribution in [2.24, 2.45) is 0 Å². The molecule has 37 heavy (non-hydrogen) atoms. The molecule has 0 aromatic rings.